The Kier molecular flexibility index (Phi) is 13.9. The first-order valence-corrected chi connectivity index (χ1v) is 11.4. The van der Waals surface area contributed by atoms with Crippen molar-refractivity contribution in [1.82, 2.24) is 10.6 Å². The number of aldehydes is 1. The molecule has 1 rings (SSSR count). The van der Waals surface area contributed by atoms with E-state index in [-0.39, 0.29) is 12.0 Å². The summed E-state index contributed by atoms with van der Waals surface area (Å²) in [6.07, 6.45) is 3.35. The second-order valence-electron chi connectivity index (χ2n) is 7.79. The molecule has 0 radical (unpaired) electrons. The van der Waals surface area contributed by atoms with Crippen LogP contribution in [-0.2, 0) is 14.3 Å². The van der Waals surface area contributed by atoms with E-state index in [0.29, 0.717) is 47.7 Å². The highest BCUT2D eigenvalue weighted by atomic mass is 35.5. The number of ether oxygens (including phenoxy) is 3. The average molecular weight is 481 g/mol. The van der Waals surface area contributed by atoms with E-state index in [0.717, 1.165) is 31.2 Å². The Balaban J connectivity index is 2.85. The van der Waals surface area contributed by atoms with Crippen LogP contribution in [-0.4, -0.2) is 58.9 Å². The summed E-state index contributed by atoms with van der Waals surface area (Å²) >= 11 is 6.21. The smallest absolute Gasteiger partial charge is 0.244 e. The minimum atomic E-state index is -0.0262. The summed E-state index contributed by atoms with van der Waals surface area (Å²) in [6.45, 7) is 10.9. The summed E-state index contributed by atoms with van der Waals surface area (Å²) in [7, 11) is 3.46. The molecule has 1 atom stereocenters. The number of carbonyl (C=O) groups is 1. The Morgan fingerprint density at radius 1 is 1.30 bits per heavy atom. The molecular weight excluding hydrogens is 444 g/mol. The number of nitrogens with one attached hydrogen (secondary N) is 2. The lowest BCUT2D eigenvalue weighted by molar-refractivity contribution is -0.105. The molecule has 0 saturated heterocycles. The SMILES string of the molecule is C=N/N=C(\OCC(CCCN/C(C=O)=C(\C)NC)CCOC)c1cc(Cl)ccc1OC(C)C. The molecule has 9 heteroatoms. The van der Waals surface area contributed by atoms with E-state index >= 15 is 0 Å². The summed E-state index contributed by atoms with van der Waals surface area (Å²) in [5.74, 6) is 1.13. The molecule has 0 aliphatic rings. The van der Waals surface area contributed by atoms with Gasteiger partial charge in [-0.1, -0.05) is 11.6 Å². The topological polar surface area (TPSA) is 93.5 Å². The van der Waals surface area contributed by atoms with Gasteiger partial charge in [0.2, 0.25) is 5.90 Å². The second kappa shape index (κ2) is 16.1. The Morgan fingerprint density at radius 2 is 2.06 bits per heavy atom. The first kappa shape index (κ1) is 28.5. The molecule has 0 fully saturated rings. The summed E-state index contributed by atoms with van der Waals surface area (Å²) in [4.78, 5) is 11.2. The highest BCUT2D eigenvalue weighted by Gasteiger charge is 2.18. The van der Waals surface area contributed by atoms with Crippen LogP contribution in [0, 0.1) is 5.92 Å². The van der Waals surface area contributed by atoms with Crippen molar-refractivity contribution in [3.05, 3.63) is 40.2 Å². The van der Waals surface area contributed by atoms with Crippen LogP contribution in [0.3, 0.4) is 0 Å². The number of hydrogen-bond acceptors (Lipinski definition) is 8. The molecule has 0 aliphatic heterocycles. The number of halogens is 1. The van der Waals surface area contributed by atoms with E-state index in [1.165, 1.54) is 0 Å². The minimum absolute atomic E-state index is 0.0262. The van der Waals surface area contributed by atoms with E-state index in [4.69, 9.17) is 25.8 Å². The van der Waals surface area contributed by atoms with Gasteiger partial charge in [-0.3, -0.25) is 4.79 Å². The lowest BCUT2D eigenvalue weighted by Crippen LogP contribution is -2.23. The van der Waals surface area contributed by atoms with Crippen LogP contribution in [0.15, 0.2) is 39.8 Å². The standard InChI is InChI=1S/C24H37ClN4O4/c1-17(2)33-23-10-9-20(25)14-21(23)24(29-27-5)32-16-19(11-13-31-6)8-7-12-28-22(15-30)18(3)26-4/h9-10,14-15,17,19,26,28H,5,7-8,11-13,16H2,1-4,6H3/b22-18+,29-24-. The van der Waals surface area contributed by atoms with Crippen molar-refractivity contribution in [2.24, 2.45) is 16.1 Å². The maximum absolute atomic E-state index is 11.2. The van der Waals surface area contributed by atoms with Gasteiger partial charge in [-0.2, -0.15) is 5.10 Å². The van der Waals surface area contributed by atoms with Crippen LogP contribution in [0.4, 0.5) is 0 Å². The normalized spacial score (nSPS) is 13.2. The van der Waals surface area contributed by atoms with E-state index in [1.54, 1.807) is 32.4 Å². The molecule has 1 aromatic carbocycles. The first-order chi connectivity index (χ1) is 15.9. The zero-order valence-electron chi connectivity index (χ0n) is 20.3. The van der Waals surface area contributed by atoms with Gasteiger partial charge in [0.05, 0.1) is 24.0 Å². The van der Waals surface area contributed by atoms with Gasteiger partial charge in [0.1, 0.15) is 5.75 Å². The van der Waals surface area contributed by atoms with E-state index in [9.17, 15) is 4.79 Å². The van der Waals surface area contributed by atoms with Gasteiger partial charge in [-0.15, -0.1) is 5.10 Å². The predicted octanol–water partition coefficient (Wildman–Crippen LogP) is 4.18. The summed E-state index contributed by atoms with van der Waals surface area (Å²) in [5.41, 5.74) is 1.99. The minimum Gasteiger partial charge on any atom is -0.490 e. The molecule has 1 aromatic rings. The third-order valence-corrected chi connectivity index (χ3v) is 5.12. The van der Waals surface area contributed by atoms with Crippen molar-refractivity contribution in [3.8, 4) is 5.75 Å². The van der Waals surface area contributed by atoms with E-state index < -0.39 is 0 Å². The van der Waals surface area contributed by atoms with Crippen LogP contribution in [0.2, 0.25) is 5.02 Å². The van der Waals surface area contributed by atoms with Crippen LogP contribution < -0.4 is 15.4 Å². The maximum Gasteiger partial charge on any atom is 0.244 e. The molecule has 0 bridgehead atoms. The Hall–Kier alpha value is -2.58. The van der Waals surface area contributed by atoms with Crippen molar-refractivity contribution in [3.63, 3.8) is 0 Å². The van der Waals surface area contributed by atoms with Crippen LogP contribution in [0.1, 0.15) is 45.6 Å². The van der Waals surface area contributed by atoms with Crippen LogP contribution in [0.5, 0.6) is 5.75 Å². The monoisotopic (exact) mass is 480 g/mol. The first-order valence-electron chi connectivity index (χ1n) is 11.1. The highest BCUT2D eigenvalue weighted by Crippen LogP contribution is 2.26. The number of carbonyl (C=O) groups excluding carboxylic acids is 1. The Bertz CT molecular complexity index is 812. The zero-order valence-corrected chi connectivity index (χ0v) is 21.1. The molecule has 184 valence electrons. The van der Waals surface area contributed by atoms with Gasteiger partial charge in [0.15, 0.2) is 6.29 Å². The number of hydrogen-bond donors (Lipinski definition) is 2. The molecular formula is C24H37ClN4O4. The van der Waals surface area contributed by atoms with Gasteiger partial charge in [0.25, 0.3) is 0 Å². The highest BCUT2D eigenvalue weighted by molar-refractivity contribution is 6.31. The number of rotatable bonds is 16. The molecule has 33 heavy (non-hydrogen) atoms. The molecule has 0 heterocycles. The second-order valence-corrected chi connectivity index (χ2v) is 8.22. The number of methoxy groups -OCH3 is 1. The quantitative estimate of drug-likeness (QED) is 0.0920. The number of allylic oxidation sites excluding steroid dienone is 2. The Morgan fingerprint density at radius 3 is 2.67 bits per heavy atom. The average Bonchev–Trinajstić information content (AvgIpc) is 2.79. The Labute approximate surface area is 202 Å². The lowest BCUT2D eigenvalue weighted by Gasteiger charge is -2.20. The molecule has 8 nitrogen and oxygen atoms in total. The molecule has 0 aromatic heterocycles. The fourth-order valence-electron chi connectivity index (χ4n) is 3.05. The third kappa shape index (κ3) is 10.7. The summed E-state index contributed by atoms with van der Waals surface area (Å²) < 4.78 is 17.2. The third-order valence-electron chi connectivity index (χ3n) is 4.88. The van der Waals surface area contributed by atoms with Crippen LogP contribution in [0.25, 0.3) is 0 Å². The van der Waals surface area contributed by atoms with Gasteiger partial charge in [-0.25, -0.2) is 0 Å². The zero-order chi connectivity index (χ0) is 24.6. The fraction of sp³-hybridized carbons (Fsp3) is 0.542. The largest absolute Gasteiger partial charge is 0.490 e. The van der Waals surface area contributed by atoms with Gasteiger partial charge < -0.3 is 24.8 Å². The van der Waals surface area contributed by atoms with Crippen LogP contribution >= 0.6 is 11.6 Å². The van der Waals surface area contributed by atoms with Gasteiger partial charge in [0, 0.05) is 44.7 Å². The summed E-state index contributed by atoms with van der Waals surface area (Å²) in [6, 6.07) is 5.29. The van der Waals surface area contributed by atoms with Crippen molar-refractivity contribution in [2.75, 3.05) is 33.9 Å². The van der Waals surface area contributed by atoms with Crippen molar-refractivity contribution >= 4 is 30.5 Å². The molecule has 1 unspecified atom stereocenters. The predicted molar refractivity (Wildman–Crippen MR) is 134 cm³/mol. The van der Waals surface area contributed by atoms with Crippen molar-refractivity contribution in [1.29, 1.82) is 0 Å². The van der Waals surface area contributed by atoms with Gasteiger partial charge in [-0.05, 0) is 64.2 Å². The number of benzene rings is 1. The van der Waals surface area contributed by atoms with Crippen molar-refractivity contribution < 1.29 is 19.0 Å². The fourth-order valence-corrected chi connectivity index (χ4v) is 3.23. The van der Waals surface area contributed by atoms with E-state index in [1.807, 2.05) is 20.8 Å². The molecule has 2 N–H and O–H groups in total. The molecule has 0 aliphatic carbocycles. The molecule has 0 amide bonds. The summed E-state index contributed by atoms with van der Waals surface area (Å²) in [5, 5.41) is 14.4. The maximum atomic E-state index is 11.2. The van der Waals surface area contributed by atoms with E-state index in [2.05, 4.69) is 27.6 Å². The molecule has 0 saturated carbocycles. The van der Waals surface area contributed by atoms with Gasteiger partial charge >= 0.3 is 0 Å². The number of nitrogens with zero attached hydrogens (tertiary/aromatic N) is 2. The van der Waals surface area contributed by atoms with Crippen molar-refractivity contribution in [2.45, 2.75) is 46.1 Å². The molecule has 0 spiro atoms. The lowest BCUT2D eigenvalue weighted by atomic mass is 10.0.